The first-order chi connectivity index (χ1) is 20.0. The Kier molecular flexibility index (Phi) is 8.65. The molecule has 2 aromatic heterocycles. The topological polar surface area (TPSA) is 156 Å². The van der Waals surface area contributed by atoms with Crippen LogP contribution in [-0.4, -0.2) is 85.9 Å². The van der Waals surface area contributed by atoms with Crippen LogP contribution in [0.4, 0.5) is 21.1 Å². The molecule has 1 aliphatic rings. The van der Waals surface area contributed by atoms with Gasteiger partial charge in [-0.05, 0) is 59.7 Å². The smallest absolute Gasteiger partial charge is 0.410 e. The van der Waals surface area contributed by atoms with Gasteiger partial charge in [0.2, 0.25) is 0 Å². The number of amides is 3. The van der Waals surface area contributed by atoms with Crippen LogP contribution in [0.2, 0.25) is 0 Å². The summed E-state index contributed by atoms with van der Waals surface area (Å²) in [5.41, 5.74) is 2.29. The minimum Gasteiger partial charge on any atom is -0.444 e. The molecule has 1 aromatic carbocycles. The molecule has 13 nitrogen and oxygen atoms in total. The van der Waals surface area contributed by atoms with Gasteiger partial charge in [0.15, 0.2) is 11.4 Å². The summed E-state index contributed by atoms with van der Waals surface area (Å²) in [6, 6.07) is 4.60. The molecule has 1 aliphatic heterocycles. The largest absolute Gasteiger partial charge is 0.444 e. The van der Waals surface area contributed by atoms with Crippen LogP contribution in [0.5, 0.6) is 0 Å². The normalized spacial score (nSPS) is 15.7. The SMILES string of the molecule is CNc1cc(C(=O)Nc2cn3cc(C4CN(C(=O)OC(C)(C)C)CCN4C(=O)OC(C)(C)C)nc3cn2)ccc1C(C)=[NH2+]. The lowest BCUT2D eigenvalue weighted by molar-refractivity contribution is -0.113. The van der Waals surface area contributed by atoms with E-state index in [9.17, 15) is 14.4 Å². The molecule has 3 aromatic rings. The molecule has 0 aliphatic carbocycles. The van der Waals surface area contributed by atoms with Gasteiger partial charge in [0, 0.05) is 44.5 Å². The molecule has 43 heavy (non-hydrogen) atoms. The first kappa shape index (κ1) is 31.3. The number of ether oxygens (including phenoxy) is 2. The third-order valence-electron chi connectivity index (χ3n) is 6.58. The van der Waals surface area contributed by atoms with E-state index >= 15 is 0 Å². The number of carbonyl (C=O) groups excluding carboxylic acids is 3. The zero-order valence-electron chi connectivity index (χ0n) is 26.0. The molecule has 13 heteroatoms. The number of benzene rings is 1. The minimum absolute atomic E-state index is 0.165. The third kappa shape index (κ3) is 7.59. The maximum absolute atomic E-state index is 13.2. The molecule has 0 saturated carbocycles. The Balaban J connectivity index is 1.60. The number of aromatic nitrogens is 3. The van der Waals surface area contributed by atoms with E-state index in [-0.39, 0.29) is 25.5 Å². The van der Waals surface area contributed by atoms with Crippen molar-refractivity contribution in [3.63, 3.8) is 0 Å². The molecule has 4 N–H and O–H groups in total. The molecule has 4 rings (SSSR count). The number of hydrogen-bond donors (Lipinski definition) is 3. The van der Waals surface area contributed by atoms with Crippen LogP contribution in [0.1, 0.15) is 76.1 Å². The lowest BCUT2D eigenvalue weighted by Gasteiger charge is -2.41. The van der Waals surface area contributed by atoms with Crippen LogP contribution in [0.3, 0.4) is 0 Å². The standard InChI is InChI=1S/C30H40N8O5/c1-18(31)20-10-9-19(13-21(20)32-8)26(39)35-24-17-37-15-22(34-25(37)14-33-24)23-16-36(27(40)42-29(2,3)4)11-12-38(23)28(41)43-30(5,6)7/h9-10,13-15,17,23,31-32H,11-12,16H2,1-8H3,(H,35,39)/p+1. The van der Waals surface area contributed by atoms with Gasteiger partial charge in [-0.2, -0.15) is 0 Å². The highest BCUT2D eigenvalue weighted by Gasteiger charge is 2.38. The van der Waals surface area contributed by atoms with E-state index in [1.54, 1.807) is 100 Å². The predicted molar refractivity (Wildman–Crippen MR) is 162 cm³/mol. The van der Waals surface area contributed by atoms with Crippen LogP contribution in [0, 0.1) is 0 Å². The number of rotatable bonds is 5. The number of nitrogens with two attached hydrogens (primary N) is 1. The first-order valence-corrected chi connectivity index (χ1v) is 14.1. The molecule has 1 fully saturated rings. The van der Waals surface area contributed by atoms with E-state index < -0.39 is 29.4 Å². The van der Waals surface area contributed by atoms with Gasteiger partial charge in [-0.1, -0.05) is 0 Å². The van der Waals surface area contributed by atoms with Gasteiger partial charge in [-0.25, -0.2) is 19.6 Å². The Morgan fingerprint density at radius 1 is 1.00 bits per heavy atom. The van der Waals surface area contributed by atoms with Gasteiger partial charge >= 0.3 is 12.2 Å². The van der Waals surface area contributed by atoms with E-state index in [0.29, 0.717) is 28.4 Å². The minimum atomic E-state index is -0.699. The molecule has 0 radical (unpaired) electrons. The second-order valence-electron chi connectivity index (χ2n) is 12.5. The first-order valence-electron chi connectivity index (χ1n) is 14.1. The van der Waals surface area contributed by atoms with Gasteiger partial charge in [0.05, 0.1) is 36.2 Å². The zero-order valence-corrected chi connectivity index (χ0v) is 26.0. The number of carbonyl (C=O) groups is 3. The van der Waals surface area contributed by atoms with Crippen molar-refractivity contribution in [1.29, 1.82) is 0 Å². The lowest BCUT2D eigenvalue weighted by Crippen LogP contribution is -2.54. The molecule has 3 heterocycles. The highest BCUT2D eigenvalue weighted by atomic mass is 16.6. The van der Waals surface area contributed by atoms with Gasteiger partial charge in [0.1, 0.15) is 17.0 Å². The van der Waals surface area contributed by atoms with Crippen LogP contribution < -0.4 is 16.0 Å². The molecular formula is C30H41N8O5+. The van der Waals surface area contributed by atoms with E-state index in [2.05, 4.69) is 15.6 Å². The number of nitrogens with one attached hydrogen (secondary N) is 2. The monoisotopic (exact) mass is 593 g/mol. The maximum Gasteiger partial charge on any atom is 0.410 e. The lowest BCUT2D eigenvalue weighted by atomic mass is 10.1. The van der Waals surface area contributed by atoms with E-state index in [0.717, 1.165) is 11.3 Å². The summed E-state index contributed by atoms with van der Waals surface area (Å²) in [6.45, 7) is 13.3. The molecule has 1 unspecified atom stereocenters. The van der Waals surface area contributed by atoms with Crippen LogP contribution in [0.15, 0.2) is 36.8 Å². The number of nitrogens with zero attached hydrogens (tertiary/aromatic N) is 5. The van der Waals surface area contributed by atoms with E-state index in [1.165, 1.54) is 6.20 Å². The Hall–Kier alpha value is -4.68. The number of imidazole rings is 1. The summed E-state index contributed by atoms with van der Waals surface area (Å²) in [5.74, 6) is -0.0394. The average molecular weight is 594 g/mol. The number of anilines is 2. The Morgan fingerprint density at radius 3 is 2.30 bits per heavy atom. The number of piperazine rings is 1. The van der Waals surface area contributed by atoms with Crippen molar-refractivity contribution >= 4 is 41.0 Å². The Bertz CT molecular complexity index is 1550. The van der Waals surface area contributed by atoms with Crippen molar-refractivity contribution in [2.45, 2.75) is 65.7 Å². The van der Waals surface area contributed by atoms with Crippen LogP contribution in [-0.2, 0) is 9.47 Å². The fraction of sp³-hybridized carbons (Fsp3) is 0.467. The van der Waals surface area contributed by atoms with Crippen molar-refractivity contribution in [1.82, 2.24) is 24.2 Å². The molecule has 3 amide bonds. The fourth-order valence-electron chi connectivity index (χ4n) is 4.64. The van der Waals surface area contributed by atoms with Crippen LogP contribution in [0.25, 0.3) is 5.65 Å². The van der Waals surface area contributed by atoms with Crippen LogP contribution >= 0.6 is 0 Å². The van der Waals surface area contributed by atoms with Crippen molar-refractivity contribution < 1.29 is 29.3 Å². The zero-order chi connectivity index (χ0) is 31.7. The molecule has 0 spiro atoms. The predicted octanol–water partition coefficient (Wildman–Crippen LogP) is 3.12. The summed E-state index contributed by atoms with van der Waals surface area (Å²) in [7, 11) is 1.76. The number of hydrogen-bond acceptors (Lipinski definition) is 8. The fourth-order valence-corrected chi connectivity index (χ4v) is 4.64. The highest BCUT2D eigenvalue weighted by Crippen LogP contribution is 2.29. The summed E-state index contributed by atoms with van der Waals surface area (Å²) < 4.78 is 13.0. The average Bonchev–Trinajstić information content (AvgIpc) is 3.33. The second kappa shape index (κ2) is 11.9. The molecular weight excluding hydrogens is 552 g/mol. The quantitative estimate of drug-likeness (QED) is 0.381. The van der Waals surface area contributed by atoms with E-state index in [4.69, 9.17) is 19.9 Å². The molecule has 1 atom stereocenters. The number of fused-ring (bicyclic) bond motifs is 1. The van der Waals surface area contributed by atoms with Crippen molar-refractivity contribution in [3.05, 3.63) is 53.6 Å². The van der Waals surface area contributed by atoms with Gasteiger partial charge in [-0.15, -0.1) is 0 Å². The van der Waals surface area contributed by atoms with Crippen molar-refractivity contribution in [2.24, 2.45) is 0 Å². The summed E-state index contributed by atoms with van der Waals surface area (Å²) in [6.07, 6.45) is 3.95. The Labute approximate surface area is 251 Å². The summed E-state index contributed by atoms with van der Waals surface area (Å²) >= 11 is 0. The molecule has 1 saturated heterocycles. The third-order valence-corrected chi connectivity index (χ3v) is 6.58. The Morgan fingerprint density at radius 2 is 1.67 bits per heavy atom. The summed E-state index contributed by atoms with van der Waals surface area (Å²) in [5, 5.41) is 11.8. The highest BCUT2D eigenvalue weighted by molar-refractivity contribution is 6.06. The summed E-state index contributed by atoms with van der Waals surface area (Å²) in [4.78, 5) is 51.3. The van der Waals surface area contributed by atoms with Gasteiger partial charge < -0.3 is 29.4 Å². The second-order valence-corrected chi connectivity index (χ2v) is 12.5. The van der Waals surface area contributed by atoms with E-state index in [1.807, 2.05) is 0 Å². The maximum atomic E-state index is 13.2. The van der Waals surface area contributed by atoms with Crippen molar-refractivity contribution in [3.8, 4) is 0 Å². The van der Waals surface area contributed by atoms with Crippen molar-refractivity contribution in [2.75, 3.05) is 37.3 Å². The molecule has 0 bridgehead atoms. The van der Waals surface area contributed by atoms with Gasteiger partial charge in [0.25, 0.3) is 5.91 Å². The molecule has 230 valence electrons. The van der Waals surface area contributed by atoms with Gasteiger partial charge in [-0.3, -0.25) is 15.1 Å².